The number of aliphatic imine (C=N–C) groups is 1. The lowest BCUT2D eigenvalue weighted by molar-refractivity contribution is -0.127. The van der Waals surface area contributed by atoms with Crippen LogP contribution in [-0.2, 0) is 11.2 Å². The van der Waals surface area contributed by atoms with Crippen molar-refractivity contribution in [2.24, 2.45) is 10.9 Å². The van der Waals surface area contributed by atoms with E-state index in [1.54, 1.807) is 6.26 Å². The Morgan fingerprint density at radius 2 is 1.96 bits per heavy atom. The molecular weight excluding hydrogens is 352 g/mol. The molecule has 2 N–H and O–H groups in total. The zero-order valence-corrected chi connectivity index (χ0v) is 16.7. The van der Waals surface area contributed by atoms with Crippen molar-refractivity contribution >= 4 is 11.9 Å². The van der Waals surface area contributed by atoms with E-state index >= 15 is 0 Å². The second-order valence-electron chi connectivity index (χ2n) is 7.20. The van der Waals surface area contributed by atoms with Crippen LogP contribution in [0, 0.1) is 5.92 Å². The van der Waals surface area contributed by atoms with Gasteiger partial charge in [-0.05, 0) is 24.1 Å². The quantitative estimate of drug-likeness (QED) is 0.544. The van der Waals surface area contributed by atoms with E-state index in [0.717, 1.165) is 37.7 Å². The van der Waals surface area contributed by atoms with Crippen LogP contribution in [0.1, 0.15) is 37.1 Å². The van der Waals surface area contributed by atoms with Gasteiger partial charge in [-0.15, -0.1) is 0 Å². The minimum Gasteiger partial charge on any atom is -0.469 e. The van der Waals surface area contributed by atoms with Crippen LogP contribution in [-0.4, -0.2) is 43.4 Å². The Morgan fingerprint density at radius 1 is 1.18 bits per heavy atom. The lowest BCUT2D eigenvalue weighted by Crippen LogP contribution is -2.39. The maximum atomic E-state index is 12.3. The van der Waals surface area contributed by atoms with Gasteiger partial charge in [0.05, 0.1) is 12.3 Å². The SMILES string of the molecule is CCCNC(=NCC1CC(=O)N(C)C1c1ccccc1)NCCc1ccco1. The van der Waals surface area contributed by atoms with E-state index in [4.69, 9.17) is 9.41 Å². The Kier molecular flexibility index (Phi) is 7.12. The van der Waals surface area contributed by atoms with Gasteiger partial charge in [0.1, 0.15) is 5.76 Å². The number of likely N-dealkylation sites (tertiary alicyclic amines) is 1. The summed E-state index contributed by atoms with van der Waals surface area (Å²) in [5.41, 5.74) is 1.17. The summed E-state index contributed by atoms with van der Waals surface area (Å²) in [6.07, 6.45) is 4.05. The van der Waals surface area contributed by atoms with Gasteiger partial charge in [0.15, 0.2) is 5.96 Å². The Morgan fingerprint density at radius 3 is 2.68 bits per heavy atom. The summed E-state index contributed by atoms with van der Waals surface area (Å²) in [5.74, 6) is 2.10. The fourth-order valence-corrected chi connectivity index (χ4v) is 3.65. The number of rotatable bonds is 8. The van der Waals surface area contributed by atoms with Crippen molar-refractivity contribution < 1.29 is 9.21 Å². The number of benzene rings is 1. The van der Waals surface area contributed by atoms with Crippen LogP contribution in [0.5, 0.6) is 0 Å². The van der Waals surface area contributed by atoms with Crippen LogP contribution in [0.15, 0.2) is 58.1 Å². The molecule has 1 aromatic heterocycles. The van der Waals surface area contributed by atoms with E-state index in [2.05, 4.69) is 29.7 Å². The van der Waals surface area contributed by atoms with Crippen molar-refractivity contribution in [2.45, 2.75) is 32.2 Å². The number of nitrogens with one attached hydrogen (secondary N) is 2. The molecule has 1 aromatic carbocycles. The average molecular weight is 383 g/mol. The number of carbonyl (C=O) groups excluding carboxylic acids is 1. The smallest absolute Gasteiger partial charge is 0.223 e. The largest absolute Gasteiger partial charge is 0.469 e. The number of furan rings is 1. The number of nitrogens with zero attached hydrogens (tertiary/aromatic N) is 2. The lowest BCUT2D eigenvalue weighted by atomic mass is 9.94. The summed E-state index contributed by atoms with van der Waals surface area (Å²) < 4.78 is 5.38. The summed E-state index contributed by atoms with van der Waals surface area (Å²) in [6.45, 7) is 4.34. The van der Waals surface area contributed by atoms with Gasteiger partial charge in [-0.3, -0.25) is 9.79 Å². The first-order chi connectivity index (χ1) is 13.7. The highest BCUT2D eigenvalue weighted by Crippen LogP contribution is 2.36. The fourth-order valence-electron chi connectivity index (χ4n) is 3.65. The van der Waals surface area contributed by atoms with Gasteiger partial charge >= 0.3 is 0 Å². The minimum atomic E-state index is 0.0768. The highest BCUT2D eigenvalue weighted by atomic mass is 16.3. The second kappa shape index (κ2) is 9.97. The van der Waals surface area contributed by atoms with E-state index in [9.17, 15) is 4.79 Å². The Labute approximate surface area is 167 Å². The van der Waals surface area contributed by atoms with Crippen LogP contribution >= 0.6 is 0 Å². The molecule has 150 valence electrons. The topological polar surface area (TPSA) is 69.9 Å². The third-order valence-corrected chi connectivity index (χ3v) is 5.11. The Balaban J connectivity index is 1.64. The highest BCUT2D eigenvalue weighted by Gasteiger charge is 2.38. The molecule has 2 unspecified atom stereocenters. The van der Waals surface area contributed by atoms with Gasteiger partial charge in [-0.1, -0.05) is 37.3 Å². The maximum absolute atomic E-state index is 12.3. The molecule has 1 fully saturated rings. The number of carbonyl (C=O) groups is 1. The van der Waals surface area contributed by atoms with Crippen molar-refractivity contribution in [3.63, 3.8) is 0 Å². The number of hydrogen-bond donors (Lipinski definition) is 2. The first kappa shape index (κ1) is 20.0. The van der Waals surface area contributed by atoms with Crippen LogP contribution in [0.25, 0.3) is 0 Å². The van der Waals surface area contributed by atoms with Crippen molar-refractivity contribution in [3.05, 3.63) is 60.1 Å². The van der Waals surface area contributed by atoms with Gasteiger partial charge in [0.25, 0.3) is 0 Å². The number of guanidine groups is 1. The zero-order valence-electron chi connectivity index (χ0n) is 16.7. The number of hydrogen-bond acceptors (Lipinski definition) is 3. The summed E-state index contributed by atoms with van der Waals surface area (Å²) in [6, 6.07) is 14.2. The molecule has 0 radical (unpaired) electrons. The molecule has 1 saturated heterocycles. The first-order valence-corrected chi connectivity index (χ1v) is 10.0. The molecule has 1 amide bonds. The van der Waals surface area contributed by atoms with E-state index in [-0.39, 0.29) is 17.9 Å². The molecule has 3 rings (SSSR count). The van der Waals surface area contributed by atoms with Crippen molar-refractivity contribution in [1.29, 1.82) is 0 Å². The molecular formula is C22H30N4O2. The van der Waals surface area contributed by atoms with Crippen LogP contribution in [0.2, 0.25) is 0 Å². The summed E-state index contributed by atoms with van der Waals surface area (Å²) >= 11 is 0. The monoisotopic (exact) mass is 382 g/mol. The van der Waals surface area contributed by atoms with Crippen LogP contribution in [0.4, 0.5) is 0 Å². The molecule has 6 heteroatoms. The molecule has 1 aliphatic rings. The standard InChI is InChI=1S/C22H30N4O2/c1-3-12-23-22(24-13-11-19-10-7-14-28-19)25-16-18-15-20(27)26(2)21(18)17-8-5-4-6-9-17/h4-10,14,18,21H,3,11-13,15-16H2,1-2H3,(H2,23,24,25). The predicted octanol–water partition coefficient (Wildman–Crippen LogP) is 2.99. The normalized spacial score (nSPS) is 19.9. The van der Waals surface area contributed by atoms with Crippen LogP contribution < -0.4 is 10.6 Å². The van der Waals surface area contributed by atoms with E-state index in [1.165, 1.54) is 5.56 Å². The molecule has 2 atom stereocenters. The maximum Gasteiger partial charge on any atom is 0.223 e. The average Bonchev–Trinajstić information content (AvgIpc) is 3.32. The summed E-state index contributed by atoms with van der Waals surface area (Å²) in [7, 11) is 1.89. The number of amides is 1. The summed E-state index contributed by atoms with van der Waals surface area (Å²) in [4.78, 5) is 19.0. The van der Waals surface area contributed by atoms with Crippen molar-refractivity contribution in [1.82, 2.24) is 15.5 Å². The van der Waals surface area contributed by atoms with Crippen molar-refractivity contribution in [3.8, 4) is 0 Å². The summed E-state index contributed by atoms with van der Waals surface area (Å²) in [5, 5.41) is 6.73. The van der Waals surface area contributed by atoms with Gasteiger partial charge in [0.2, 0.25) is 5.91 Å². The van der Waals surface area contributed by atoms with E-state index in [1.807, 2.05) is 42.3 Å². The third kappa shape index (κ3) is 5.15. The molecule has 0 saturated carbocycles. The molecule has 0 spiro atoms. The molecule has 28 heavy (non-hydrogen) atoms. The van der Waals surface area contributed by atoms with Crippen molar-refractivity contribution in [2.75, 3.05) is 26.7 Å². The van der Waals surface area contributed by atoms with Gasteiger partial charge in [-0.2, -0.15) is 0 Å². The van der Waals surface area contributed by atoms with E-state index in [0.29, 0.717) is 13.0 Å². The molecule has 1 aliphatic heterocycles. The minimum absolute atomic E-state index is 0.0768. The highest BCUT2D eigenvalue weighted by molar-refractivity contribution is 5.81. The molecule has 2 aromatic rings. The van der Waals surface area contributed by atoms with Gasteiger partial charge in [-0.25, -0.2) is 0 Å². The zero-order chi connectivity index (χ0) is 19.8. The Bertz CT molecular complexity index is 758. The van der Waals surface area contributed by atoms with Gasteiger partial charge < -0.3 is 20.0 Å². The molecule has 2 heterocycles. The van der Waals surface area contributed by atoms with E-state index < -0.39 is 0 Å². The lowest BCUT2D eigenvalue weighted by Gasteiger charge is -2.25. The molecule has 0 aliphatic carbocycles. The first-order valence-electron chi connectivity index (χ1n) is 10.0. The molecule has 6 nitrogen and oxygen atoms in total. The van der Waals surface area contributed by atoms with Gasteiger partial charge in [0, 0.05) is 45.4 Å². The second-order valence-corrected chi connectivity index (χ2v) is 7.20. The third-order valence-electron chi connectivity index (χ3n) is 5.11. The Hall–Kier alpha value is -2.76. The molecule has 0 bridgehead atoms. The fraction of sp³-hybridized carbons (Fsp3) is 0.455. The predicted molar refractivity (Wildman–Crippen MR) is 111 cm³/mol. The van der Waals surface area contributed by atoms with Crippen LogP contribution in [0.3, 0.4) is 0 Å².